The lowest BCUT2D eigenvalue weighted by molar-refractivity contribution is -0.150. The molecule has 0 spiro atoms. The highest BCUT2D eigenvalue weighted by atomic mass is 35.5. The number of hydrogen-bond acceptors (Lipinski definition) is 4. The summed E-state index contributed by atoms with van der Waals surface area (Å²) in [6, 6.07) is 4.92. The van der Waals surface area contributed by atoms with E-state index in [-0.39, 0.29) is 13.0 Å². The number of rotatable bonds is 5. The van der Waals surface area contributed by atoms with E-state index in [1.807, 2.05) is 0 Å². The van der Waals surface area contributed by atoms with Gasteiger partial charge >= 0.3 is 5.97 Å². The first kappa shape index (κ1) is 15.8. The molecule has 104 valence electrons. The highest BCUT2D eigenvalue weighted by Crippen LogP contribution is 2.24. The van der Waals surface area contributed by atoms with Gasteiger partial charge in [-0.15, -0.1) is 0 Å². The summed E-state index contributed by atoms with van der Waals surface area (Å²) in [5, 5.41) is 12.5. The molecule has 0 aromatic heterocycles. The minimum absolute atomic E-state index is 0.0353. The number of aliphatic hydroxyl groups is 1. The fraction of sp³-hybridized carbons (Fsp3) is 0.333. The summed E-state index contributed by atoms with van der Waals surface area (Å²) in [6.07, 6.45) is -1.43. The van der Waals surface area contributed by atoms with Crippen LogP contribution in [-0.4, -0.2) is 36.7 Å². The van der Waals surface area contributed by atoms with Crippen molar-refractivity contribution < 1.29 is 19.4 Å². The molecular weight excluding hydrogens is 293 g/mol. The predicted octanol–water partition coefficient (Wildman–Crippen LogP) is 1.19. The minimum atomic E-state index is -1.39. The normalized spacial score (nSPS) is 11.8. The van der Waals surface area contributed by atoms with E-state index in [1.165, 1.54) is 0 Å². The van der Waals surface area contributed by atoms with E-state index in [9.17, 15) is 14.7 Å². The lowest BCUT2D eigenvalue weighted by Gasteiger charge is -2.11. The Bertz CT molecular complexity index is 459. The number of carbonyl (C=O) groups is 2. The van der Waals surface area contributed by atoms with Gasteiger partial charge in [0, 0.05) is 10.0 Å². The molecule has 0 aliphatic rings. The van der Waals surface area contributed by atoms with Crippen molar-refractivity contribution in [1.29, 1.82) is 0 Å². The number of aliphatic hydroxyl groups excluding tert-OH is 1. The van der Waals surface area contributed by atoms with E-state index in [0.29, 0.717) is 15.6 Å². The van der Waals surface area contributed by atoms with Crippen LogP contribution in [0.25, 0.3) is 0 Å². The quantitative estimate of drug-likeness (QED) is 0.801. The lowest BCUT2D eigenvalue weighted by Crippen LogP contribution is -2.37. The molecule has 1 amide bonds. The highest BCUT2D eigenvalue weighted by Gasteiger charge is 2.17. The number of amides is 1. The van der Waals surface area contributed by atoms with Crippen LogP contribution in [0, 0.1) is 0 Å². The Morgan fingerprint density at radius 1 is 1.37 bits per heavy atom. The Hall–Kier alpha value is -1.30. The first-order chi connectivity index (χ1) is 8.95. The predicted molar refractivity (Wildman–Crippen MR) is 71.2 cm³/mol. The summed E-state index contributed by atoms with van der Waals surface area (Å²) >= 11 is 11.8. The number of halogens is 2. The van der Waals surface area contributed by atoms with Gasteiger partial charge in [0.15, 0.2) is 6.10 Å². The highest BCUT2D eigenvalue weighted by molar-refractivity contribution is 6.36. The van der Waals surface area contributed by atoms with Gasteiger partial charge in [0.25, 0.3) is 0 Å². The SMILES string of the molecule is COC(=O)C(O)CNC(=O)Cc1c(Cl)cccc1Cl. The first-order valence-electron chi connectivity index (χ1n) is 5.41. The molecule has 0 aliphatic heterocycles. The van der Waals surface area contributed by atoms with Crippen LogP contribution < -0.4 is 5.32 Å². The van der Waals surface area contributed by atoms with Crippen molar-refractivity contribution in [3.05, 3.63) is 33.8 Å². The molecule has 5 nitrogen and oxygen atoms in total. The van der Waals surface area contributed by atoms with Crippen LogP contribution >= 0.6 is 23.2 Å². The average molecular weight is 306 g/mol. The van der Waals surface area contributed by atoms with Gasteiger partial charge in [0.05, 0.1) is 20.1 Å². The van der Waals surface area contributed by atoms with E-state index in [0.717, 1.165) is 7.11 Å². The third-order valence-corrected chi connectivity index (χ3v) is 3.07. The molecule has 2 N–H and O–H groups in total. The number of ether oxygens (including phenoxy) is 1. The van der Waals surface area contributed by atoms with Gasteiger partial charge < -0.3 is 15.2 Å². The zero-order valence-electron chi connectivity index (χ0n) is 10.2. The minimum Gasteiger partial charge on any atom is -0.467 e. The number of esters is 1. The number of methoxy groups -OCH3 is 1. The fourth-order valence-electron chi connectivity index (χ4n) is 1.35. The van der Waals surface area contributed by atoms with Gasteiger partial charge in [-0.2, -0.15) is 0 Å². The maximum Gasteiger partial charge on any atom is 0.336 e. The van der Waals surface area contributed by atoms with Gasteiger partial charge in [-0.25, -0.2) is 4.79 Å². The second-order valence-corrected chi connectivity index (χ2v) is 4.53. The van der Waals surface area contributed by atoms with E-state index in [2.05, 4.69) is 10.1 Å². The molecule has 19 heavy (non-hydrogen) atoms. The largest absolute Gasteiger partial charge is 0.467 e. The molecule has 0 saturated heterocycles. The third-order valence-electron chi connectivity index (χ3n) is 2.36. The second kappa shape index (κ2) is 7.33. The van der Waals surface area contributed by atoms with Crippen molar-refractivity contribution in [1.82, 2.24) is 5.32 Å². The molecule has 0 fully saturated rings. The molecule has 0 saturated carbocycles. The Labute approximate surface area is 120 Å². The van der Waals surface area contributed by atoms with Crippen LogP contribution in [0.3, 0.4) is 0 Å². The van der Waals surface area contributed by atoms with Crippen LogP contribution in [0.4, 0.5) is 0 Å². The first-order valence-corrected chi connectivity index (χ1v) is 6.16. The Morgan fingerprint density at radius 2 is 1.95 bits per heavy atom. The van der Waals surface area contributed by atoms with Gasteiger partial charge in [0.2, 0.25) is 5.91 Å². The van der Waals surface area contributed by atoms with E-state index in [1.54, 1.807) is 18.2 Å². The standard InChI is InChI=1S/C12H13Cl2NO4/c1-19-12(18)10(16)6-15-11(17)5-7-8(13)3-2-4-9(7)14/h2-4,10,16H,5-6H2,1H3,(H,15,17). The van der Waals surface area contributed by atoms with E-state index >= 15 is 0 Å². The van der Waals surface area contributed by atoms with Crippen LogP contribution in [0.15, 0.2) is 18.2 Å². The zero-order valence-corrected chi connectivity index (χ0v) is 11.7. The van der Waals surface area contributed by atoms with Gasteiger partial charge in [-0.05, 0) is 17.7 Å². The molecule has 0 bridgehead atoms. The number of benzene rings is 1. The molecule has 1 aromatic rings. The van der Waals surface area contributed by atoms with Gasteiger partial charge in [-0.3, -0.25) is 4.79 Å². The molecule has 1 atom stereocenters. The van der Waals surface area contributed by atoms with Crippen molar-refractivity contribution in [3.63, 3.8) is 0 Å². The number of nitrogens with one attached hydrogen (secondary N) is 1. The fourth-order valence-corrected chi connectivity index (χ4v) is 1.89. The smallest absolute Gasteiger partial charge is 0.336 e. The number of carbonyl (C=O) groups excluding carboxylic acids is 2. The van der Waals surface area contributed by atoms with Crippen LogP contribution in [-0.2, 0) is 20.7 Å². The van der Waals surface area contributed by atoms with Crippen molar-refractivity contribution in [2.75, 3.05) is 13.7 Å². The maximum absolute atomic E-state index is 11.6. The van der Waals surface area contributed by atoms with Crippen LogP contribution in [0.2, 0.25) is 10.0 Å². The second-order valence-electron chi connectivity index (χ2n) is 3.72. The Morgan fingerprint density at radius 3 is 2.47 bits per heavy atom. The summed E-state index contributed by atoms with van der Waals surface area (Å²) in [5.41, 5.74) is 0.496. The van der Waals surface area contributed by atoms with Crippen molar-refractivity contribution in [2.45, 2.75) is 12.5 Å². The van der Waals surface area contributed by atoms with Crippen LogP contribution in [0.1, 0.15) is 5.56 Å². The molecule has 1 unspecified atom stereocenters. The van der Waals surface area contributed by atoms with E-state index < -0.39 is 18.0 Å². The molecule has 0 heterocycles. The zero-order chi connectivity index (χ0) is 14.4. The third kappa shape index (κ3) is 4.70. The molecule has 0 aliphatic carbocycles. The summed E-state index contributed by atoms with van der Waals surface area (Å²) in [4.78, 5) is 22.6. The molecular formula is C12H13Cl2NO4. The average Bonchev–Trinajstić information content (AvgIpc) is 2.39. The Balaban J connectivity index is 2.54. The van der Waals surface area contributed by atoms with E-state index in [4.69, 9.17) is 23.2 Å². The molecule has 7 heteroatoms. The monoisotopic (exact) mass is 305 g/mol. The molecule has 1 aromatic carbocycles. The summed E-state index contributed by atoms with van der Waals surface area (Å²) < 4.78 is 4.32. The van der Waals surface area contributed by atoms with Gasteiger partial charge in [0.1, 0.15) is 0 Å². The Kier molecular flexibility index (Phi) is 6.08. The summed E-state index contributed by atoms with van der Waals surface area (Å²) in [5.74, 6) is -1.21. The number of hydrogen-bond donors (Lipinski definition) is 2. The molecule has 1 rings (SSSR count). The maximum atomic E-state index is 11.6. The van der Waals surface area contributed by atoms with Crippen molar-refractivity contribution in [2.24, 2.45) is 0 Å². The molecule has 0 radical (unpaired) electrons. The summed E-state index contributed by atoms with van der Waals surface area (Å²) in [6.45, 7) is -0.229. The summed E-state index contributed by atoms with van der Waals surface area (Å²) in [7, 11) is 1.15. The van der Waals surface area contributed by atoms with Gasteiger partial charge in [-0.1, -0.05) is 29.3 Å². The topological polar surface area (TPSA) is 75.6 Å². The lowest BCUT2D eigenvalue weighted by atomic mass is 10.1. The van der Waals surface area contributed by atoms with Crippen LogP contribution in [0.5, 0.6) is 0 Å². The van der Waals surface area contributed by atoms with Crippen molar-refractivity contribution in [3.8, 4) is 0 Å². The van der Waals surface area contributed by atoms with Crippen molar-refractivity contribution >= 4 is 35.1 Å².